The van der Waals surface area contributed by atoms with Crippen LogP contribution in [0.4, 0.5) is 9.59 Å². The summed E-state index contributed by atoms with van der Waals surface area (Å²) in [4.78, 5) is 50.4. The second-order valence-electron chi connectivity index (χ2n) is 12.3. The normalized spacial score (nSPS) is 38.1. The molecule has 2 aliphatic heterocycles. The van der Waals surface area contributed by atoms with Gasteiger partial charge in [-0.25, -0.2) is 19.4 Å². The number of nitrogens with zero attached hydrogens (tertiary/aromatic N) is 2. The van der Waals surface area contributed by atoms with Crippen molar-refractivity contribution < 1.29 is 28.7 Å². The minimum Gasteiger partial charge on any atom is -0.443 e. The van der Waals surface area contributed by atoms with Crippen LogP contribution in [0, 0.1) is 35.5 Å². The smallest absolute Gasteiger partial charge is 0.417 e. The summed E-state index contributed by atoms with van der Waals surface area (Å²) < 4.78 is 10.5. The fourth-order valence-corrected chi connectivity index (χ4v) is 6.45. The number of hydrogen-bond donors (Lipinski definition) is 0. The van der Waals surface area contributed by atoms with Crippen molar-refractivity contribution in [3.05, 3.63) is 24.3 Å². The molecule has 6 aliphatic rings. The van der Waals surface area contributed by atoms with Gasteiger partial charge in [-0.2, -0.15) is 0 Å². The van der Waals surface area contributed by atoms with E-state index in [-0.39, 0.29) is 35.7 Å². The van der Waals surface area contributed by atoms with Gasteiger partial charge in [-0.05, 0) is 78.1 Å². The van der Waals surface area contributed by atoms with Crippen LogP contribution in [-0.2, 0) is 19.1 Å². The second-order valence-corrected chi connectivity index (χ2v) is 12.3. The molecule has 8 atom stereocenters. The Morgan fingerprint density at radius 1 is 0.676 bits per heavy atom. The Labute approximate surface area is 200 Å². The van der Waals surface area contributed by atoms with Crippen LogP contribution in [0.2, 0.25) is 0 Å². The molecule has 2 saturated carbocycles. The molecule has 4 fully saturated rings. The van der Waals surface area contributed by atoms with Gasteiger partial charge in [0, 0.05) is 0 Å². The van der Waals surface area contributed by atoms with Crippen LogP contribution >= 0.6 is 0 Å². The number of fused-ring (bicyclic) bond motifs is 10. The zero-order valence-corrected chi connectivity index (χ0v) is 20.7. The lowest BCUT2D eigenvalue weighted by molar-refractivity contribution is -0.155. The van der Waals surface area contributed by atoms with Gasteiger partial charge in [0.15, 0.2) is 0 Å². The predicted octanol–water partition coefficient (Wildman–Crippen LogP) is 3.91. The summed E-state index contributed by atoms with van der Waals surface area (Å²) in [5, 5.41) is 0. The Morgan fingerprint density at radius 2 is 1.00 bits per heavy atom. The van der Waals surface area contributed by atoms with E-state index < -0.39 is 23.4 Å². The van der Waals surface area contributed by atoms with E-state index in [4.69, 9.17) is 9.47 Å². The van der Waals surface area contributed by atoms with Gasteiger partial charge >= 0.3 is 12.2 Å². The molecule has 184 valence electrons. The average molecular weight is 471 g/mol. The molecular weight excluding hydrogens is 436 g/mol. The molecule has 2 saturated heterocycles. The van der Waals surface area contributed by atoms with Crippen molar-refractivity contribution in [2.24, 2.45) is 35.5 Å². The average Bonchev–Trinajstić information content (AvgIpc) is 3.42. The first-order chi connectivity index (χ1) is 15.8. The van der Waals surface area contributed by atoms with Crippen LogP contribution in [0.5, 0.6) is 0 Å². The first kappa shape index (κ1) is 23.1. The number of carbonyl (C=O) groups is 4. The van der Waals surface area contributed by atoms with Crippen LogP contribution in [0.3, 0.4) is 0 Å². The molecule has 8 heteroatoms. The third-order valence-electron chi connectivity index (χ3n) is 7.66. The number of carbonyl (C=O) groups excluding carboxylic acids is 4. The first-order valence-electron chi connectivity index (χ1n) is 12.3. The molecule has 4 amide bonds. The Balaban J connectivity index is 0.000000142. The van der Waals surface area contributed by atoms with Gasteiger partial charge in [0.2, 0.25) is 11.8 Å². The number of likely N-dealkylation sites (tertiary alicyclic amines) is 2. The largest absolute Gasteiger partial charge is 0.443 e. The summed E-state index contributed by atoms with van der Waals surface area (Å²) in [5.74, 6) is 1.40. The van der Waals surface area contributed by atoms with Gasteiger partial charge in [-0.3, -0.25) is 9.59 Å². The molecular formula is C26H34N2O6. The molecule has 8 nitrogen and oxygen atoms in total. The van der Waals surface area contributed by atoms with E-state index in [1.54, 1.807) is 0 Å². The second kappa shape index (κ2) is 7.43. The first-order valence-corrected chi connectivity index (χ1v) is 12.3. The molecule has 0 radical (unpaired) electrons. The zero-order chi connectivity index (χ0) is 24.7. The monoisotopic (exact) mass is 470 g/mol. The van der Waals surface area contributed by atoms with E-state index >= 15 is 0 Å². The summed E-state index contributed by atoms with van der Waals surface area (Å²) in [6.07, 6.45) is 9.58. The highest BCUT2D eigenvalue weighted by atomic mass is 16.6. The topological polar surface area (TPSA) is 93.2 Å². The van der Waals surface area contributed by atoms with E-state index in [9.17, 15) is 19.2 Å². The molecule has 0 spiro atoms. The highest BCUT2D eigenvalue weighted by molar-refractivity contribution is 6.01. The van der Waals surface area contributed by atoms with Crippen molar-refractivity contribution in [3.8, 4) is 0 Å². The van der Waals surface area contributed by atoms with Gasteiger partial charge in [0.05, 0.1) is 23.9 Å². The number of allylic oxidation sites excluding steroid dienone is 2. The number of imide groups is 2. The number of hydrogen-bond acceptors (Lipinski definition) is 6. The summed E-state index contributed by atoms with van der Waals surface area (Å²) in [6, 6.07) is 0.125. The maximum absolute atomic E-state index is 12.0. The molecule has 4 bridgehead atoms. The number of ether oxygens (including phenoxy) is 2. The Bertz CT molecular complexity index is 922. The Morgan fingerprint density at radius 3 is 1.32 bits per heavy atom. The summed E-state index contributed by atoms with van der Waals surface area (Å²) in [5.41, 5.74) is -1.09. The van der Waals surface area contributed by atoms with E-state index in [2.05, 4.69) is 24.3 Å². The molecule has 0 aromatic rings. The molecule has 4 aliphatic carbocycles. The fourth-order valence-electron chi connectivity index (χ4n) is 6.45. The van der Waals surface area contributed by atoms with E-state index in [1.165, 1.54) is 9.80 Å². The van der Waals surface area contributed by atoms with Crippen molar-refractivity contribution in [3.63, 3.8) is 0 Å². The molecule has 34 heavy (non-hydrogen) atoms. The molecule has 6 rings (SSSR count). The SMILES string of the molecule is CC(C)(C)OC(=O)N1C(=O)[C@@H]2[C@H]1[C@H]1C=C[C@@H]2C1.CC(C)(C)OC(=O)N1C(=O)[C@H]2[C@@H]1[C@@H]1C=C[C@H]2C1. The van der Waals surface area contributed by atoms with Crippen LogP contribution in [-0.4, -0.2) is 57.1 Å². The highest BCUT2D eigenvalue weighted by Gasteiger charge is 2.64. The number of amides is 4. The van der Waals surface area contributed by atoms with Crippen LogP contribution < -0.4 is 0 Å². The molecule has 0 aromatic heterocycles. The minimum absolute atomic E-state index is 0.0394. The van der Waals surface area contributed by atoms with Crippen molar-refractivity contribution in [2.45, 2.75) is 77.7 Å². The van der Waals surface area contributed by atoms with E-state index in [0.717, 1.165) is 12.8 Å². The van der Waals surface area contributed by atoms with Crippen LogP contribution in [0.25, 0.3) is 0 Å². The van der Waals surface area contributed by atoms with E-state index in [1.807, 2.05) is 41.5 Å². The van der Waals surface area contributed by atoms with Gasteiger partial charge in [-0.15, -0.1) is 0 Å². The third-order valence-corrected chi connectivity index (χ3v) is 7.66. The molecule has 0 aromatic carbocycles. The summed E-state index contributed by atoms with van der Waals surface area (Å²) >= 11 is 0. The lowest BCUT2D eigenvalue weighted by Gasteiger charge is -2.46. The Hall–Kier alpha value is -2.64. The van der Waals surface area contributed by atoms with Gasteiger partial charge in [0.25, 0.3) is 0 Å². The maximum atomic E-state index is 12.0. The van der Waals surface area contributed by atoms with Crippen molar-refractivity contribution in [2.75, 3.05) is 0 Å². The summed E-state index contributed by atoms with van der Waals surface area (Å²) in [7, 11) is 0. The van der Waals surface area contributed by atoms with E-state index in [0.29, 0.717) is 23.7 Å². The van der Waals surface area contributed by atoms with Crippen molar-refractivity contribution in [1.29, 1.82) is 0 Å². The number of rotatable bonds is 0. The standard InChI is InChI=1S/2C13H17NO3/c2*1-13(2,3)17-12(16)14-10-8-5-4-7(6-8)9(10)11(14)15/h2*4-5,7-10H,6H2,1-3H3/t2*7-,8+,9+,10-/m10/s1. The molecule has 2 heterocycles. The van der Waals surface area contributed by atoms with Gasteiger partial charge in [0.1, 0.15) is 11.2 Å². The highest BCUT2D eigenvalue weighted by Crippen LogP contribution is 2.54. The van der Waals surface area contributed by atoms with Crippen LogP contribution in [0.1, 0.15) is 54.4 Å². The van der Waals surface area contributed by atoms with Crippen LogP contribution in [0.15, 0.2) is 24.3 Å². The number of β-lactam (4-membered cyclic amide) rings is 2. The molecule has 0 unspecified atom stereocenters. The predicted molar refractivity (Wildman–Crippen MR) is 122 cm³/mol. The summed E-state index contributed by atoms with van der Waals surface area (Å²) in [6.45, 7) is 10.9. The lowest BCUT2D eigenvalue weighted by atomic mass is 9.80. The third kappa shape index (κ3) is 3.57. The minimum atomic E-state index is -0.546. The van der Waals surface area contributed by atoms with Crippen molar-refractivity contribution in [1.82, 2.24) is 9.80 Å². The van der Waals surface area contributed by atoms with Crippen molar-refractivity contribution >= 4 is 24.0 Å². The Kier molecular flexibility index (Phi) is 5.05. The maximum Gasteiger partial charge on any atom is 0.417 e. The quantitative estimate of drug-likeness (QED) is 0.394. The zero-order valence-electron chi connectivity index (χ0n) is 20.7. The van der Waals surface area contributed by atoms with Gasteiger partial charge < -0.3 is 9.47 Å². The molecule has 0 N–H and O–H groups in total. The van der Waals surface area contributed by atoms with Gasteiger partial charge in [-0.1, -0.05) is 24.3 Å². The lowest BCUT2D eigenvalue weighted by Crippen LogP contribution is -2.65. The fraction of sp³-hybridized carbons (Fsp3) is 0.692.